The molecule has 1 saturated carbocycles. The molecule has 3 atom stereocenters. The number of esters is 1. The van der Waals surface area contributed by atoms with Crippen LogP contribution in [0.2, 0.25) is 0 Å². The number of carbonyl (C=O) groups excluding carboxylic acids is 1. The van der Waals surface area contributed by atoms with Crippen molar-refractivity contribution >= 4 is 5.97 Å². The monoisotopic (exact) mass is 199 g/mol. The van der Waals surface area contributed by atoms with E-state index in [0.29, 0.717) is 18.4 Å². The minimum absolute atomic E-state index is 0.150. The SMILES string of the molecule is COC(=O)CN1CC2CCC(O)C2C1. The molecule has 1 heterocycles. The zero-order chi connectivity index (χ0) is 10.1. The quantitative estimate of drug-likeness (QED) is 0.629. The largest absolute Gasteiger partial charge is 0.468 e. The Morgan fingerprint density at radius 1 is 1.50 bits per heavy atom. The van der Waals surface area contributed by atoms with E-state index in [-0.39, 0.29) is 12.1 Å². The van der Waals surface area contributed by atoms with Crippen LogP contribution >= 0.6 is 0 Å². The number of rotatable bonds is 2. The minimum atomic E-state index is -0.181. The van der Waals surface area contributed by atoms with Crippen molar-refractivity contribution in [2.75, 3.05) is 26.7 Å². The highest BCUT2D eigenvalue weighted by Crippen LogP contribution is 2.37. The van der Waals surface area contributed by atoms with Crippen LogP contribution in [0.4, 0.5) is 0 Å². The highest BCUT2D eigenvalue weighted by atomic mass is 16.5. The van der Waals surface area contributed by atoms with Crippen molar-refractivity contribution in [3.63, 3.8) is 0 Å². The molecule has 80 valence electrons. The number of hydrogen-bond acceptors (Lipinski definition) is 4. The highest BCUT2D eigenvalue weighted by Gasteiger charge is 2.42. The van der Waals surface area contributed by atoms with Gasteiger partial charge in [-0.15, -0.1) is 0 Å². The second-order valence-corrected chi connectivity index (χ2v) is 4.34. The number of carbonyl (C=O) groups is 1. The molecule has 14 heavy (non-hydrogen) atoms. The molecule has 1 saturated heterocycles. The summed E-state index contributed by atoms with van der Waals surface area (Å²) in [5.41, 5.74) is 0. The fourth-order valence-electron chi connectivity index (χ4n) is 2.71. The topological polar surface area (TPSA) is 49.8 Å². The van der Waals surface area contributed by atoms with Crippen LogP contribution in [0.25, 0.3) is 0 Å². The third-order valence-electron chi connectivity index (χ3n) is 3.48. The molecule has 1 N–H and O–H groups in total. The summed E-state index contributed by atoms with van der Waals surface area (Å²) in [5.74, 6) is 0.800. The number of methoxy groups -OCH3 is 1. The van der Waals surface area contributed by atoms with E-state index in [4.69, 9.17) is 0 Å². The first kappa shape index (κ1) is 9.93. The Morgan fingerprint density at radius 2 is 2.29 bits per heavy atom. The van der Waals surface area contributed by atoms with Crippen LogP contribution in [0.3, 0.4) is 0 Å². The molecule has 2 rings (SSSR count). The van der Waals surface area contributed by atoms with E-state index in [9.17, 15) is 9.90 Å². The molecule has 1 aliphatic heterocycles. The Morgan fingerprint density at radius 3 is 2.93 bits per heavy atom. The van der Waals surface area contributed by atoms with E-state index in [1.807, 2.05) is 0 Å². The van der Waals surface area contributed by atoms with E-state index in [0.717, 1.165) is 25.9 Å². The lowest BCUT2D eigenvalue weighted by atomic mass is 10.00. The van der Waals surface area contributed by atoms with Gasteiger partial charge in [-0.05, 0) is 18.8 Å². The molecule has 4 heteroatoms. The van der Waals surface area contributed by atoms with E-state index in [1.54, 1.807) is 0 Å². The third-order valence-corrected chi connectivity index (χ3v) is 3.48. The third kappa shape index (κ3) is 1.77. The number of nitrogens with zero attached hydrogens (tertiary/aromatic N) is 1. The van der Waals surface area contributed by atoms with Gasteiger partial charge in [0, 0.05) is 19.0 Å². The lowest BCUT2D eigenvalue weighted by Gasteiger charge is -2.16. The van der Waals surface area contributed by atoms with Gasteiger partial charge in [0.25, 0.3) is 0 Å². The first-order valence-electron chi connectivity index (χ1n) is 5.18. The van der Waals surface area contributed by atoms with Gasteiger partial charge < -0.3 is 9.84 Å². The summed E-state index contributed by atoms with van der Waals surface area (Å²) in [6.07, 6.45) is 1.88. The van der Waals surface area contributed by atoms with Gasteiger partial charge in [0.1, 0.15) is 0 Å². The van der Waals surface area contributed by atoms with Crippen LogP contribution in [0.15, 0.2) is 0 Å². The van der Waals surface area contributed by atoms with Gasteiger partial charge in [0.15, 0.2) is 0 Å². The predicted octanol–water partition coefficient (Wildman–Crippen LogP) is -0.138. The van der Waals surface area contributed by atoms with Crippen LogP contribution < -0.4 is 0 Å². The molecule has 0 aromatic heterocycles. The number of fused-ring (bicyclic) bond motifs is 1. The van der Waals surface area contributed by atoms with Crippen LogP contribution in [-0.4, -0.2) is 48.8 Å². The van der Waals surface area contributed by atoms with Crippen molar-refractivity contribution in [1.29, 1.82) is 0 Å². The first-order valence-corrected chi connectivity index (χ1v) is 5.18. The van der Waals surface area contributed by atoms with Gasteiger partial charge in [-0.3, -0.25) is 9.69 Å². The van der Waals surface area contributed by atoms with Crippen molar-refractivity contribution in [2.45, 2.75) is 18.9 Å². The summed E-state index contributed by atoms with van der Waals surface area (Å²) in [5, 5.41) is 9.67. The van der Waals surface area contributed by atoms with Gasteiger partial charge in [0.2, 0.25) is 0 Å². The van der Waals surface area contributed by atoms with E-state index in [2.05, 4.69) is 9.64 Å². The molecule has 0 amide bonds. The van der Waals surface area contributed by atoms with Gasteiger partial charge in [-0.25, -0.2) is 0 Å². The average Bonchev–Trinajstić information content (AvgIpc) is 2.69. The molecule has 0 spiro atoms. The number of hydrogen-bond donors (Lipinski definition) is 1. The Balaban J connectivity index is 1.86. The Kier molecular flexibility index (Phi) is 2.74. The predicted molar refractivity (Wildman–Crippen MR) is 50.7 cm³/mol. The number of aliphatic hydroxyl groups is 1. The fourth-order valence-corrected chi connectivity index (χ4v) is 2.71. The summed E-state index contributed by atoms with van der Waals surface area (Å²) in [4.78, 5) is 13.1. The summed E-state index contributed by atoms with van der Waals surface area (Å²) < 4.78 is 4.62. The van der Waals surface area contributed by atoms with E-state index >= 15 is 0 Å². The van der Waals surface area contributed by atoms with Crippen LogP contribution in [0.5, 0.6) is 0 Å². The Labute approximate surface area is 83.8 Å². The van der Waals surface area contributed by atoms with E-state index < -0.39 is 0 Å². The molecule has 0 aromatic carbocycles. The normalized spacial score (nSPS) is 37.1. The summed E-state index contributed by atoms with van der Waals surface area (Å²) in [6, 6.07) is 0. The number of likely N-dealkylation sites (tertiary alicyclic amines) is 1. The maximum atomic E-state index is 11.0. The van der Waals surface area contributed by atoms with Crippen LogP contribution in [0, 0.1) is 11.8 Å². The van der Waals surface area contributed by atoms with Crippen molar-refractivity contribution in [2.24, 2.45) is 11.8 Å². The van der Waals surface area contributed by atoms with Crippen molar-refractivity contribution in [1.82, 2.24) is 4.90 Å². The van der Waals surface area contributed by atoms with Gasteiger partial charge >= 0.3 is 5.97 Å². The van der Waals surface area contributed by atoms with Crippen molar-refractivity contribution < 1.29 is 14.6 Å². The second-order valence-electron chi connectivity index (χ2n) is 4.34. The molecular weight excluding hydrogens is 182 g/mol. The Hall–Kier alpha value is -0.610. The van der Waals surface area contributed by atoms with Crippen molar-refractivity contribution in [3.05, 3.63) is 0 Å². The summed E-state index contributed by atoms with van der Waals surface area (Å²) in [6.45, 7) is 2.16. The average molecular weight is 199 g/mol. The second kappa shape index (κ2) is 3.87. The lowest BCUT2D eigenvalue weighted by molar-refractivity contribution is -0.141. The molecule has 0 aromatic rings. The fraction of sp³-hybridized carbons (Fsp3) is 0.900. The molecule has 2 fully saturated rings. The zero-order valence-electron chi connectivity index (χ0n) is 8.48. The lowest BCUT2D eigenvalue weighted by Crippen LogP contribution is -2.30. The van der Waals surface area contributed by atoms with Crippen molar-refractivity contribution in [3.8, 4) is 0 Å². The van der Waals surface area contributed by atoms with Gasteiger partial charge in [-0.1, -0.05) is 0 Å². The number of aliphatic hydroxyl groups excluding tert-OH is 1. The molecule has 0 radical (unpaired) electrons. The highest BCUT2D eigenvalue weighted by molar-refractivity contribution is 5.71. The smallest absolute Gasteiger partial charge is 0.319 e. The van der Waals surface area contributed by atoms with Crippen LogP contribution in [0.1, 0.15) is 12.8 Å². The standard InChI is InChI=1S/C10H17NO3/c1-14-10(13)6-11-4-7-2-3-9(12)8(7)5-11/h7-9,12H,2-6H2,1H3. The Bertz CT molecular complexity index is 231. The first-order chi connectivity index (χ1) is 6.70. The molecular formula is C10H17NO3. The van der Waals surface area contributed by atoms with Gasteiger partial charge in [0.05, 0.1) is 19.8 Å². The van der Waals surface area contributed by atoms with Gasteiger partial charge in [-0.2, -0.15) is 0 Å². The maximum absolute atomic E-state index is 11.0. The molecule has 3 unspecified atom stereocenters. The molecule has 0 bridgehead atoms. The maximum Gasteiger partial charge on any atom is 0.319 e. The van der Waals surface area contributed by atoms with Crippen LogP contribution in [-0.2, 0) is 9.53 Å². The zero-order valence-corrected chi connectivity index (χ0v) is 8.48. The summed E-state index contributed by atoms with van der Waals surface area (Å²) in [7, 11) is 1.41. The molecule has 2 aliphatic rings. The number of ether oxygens (including phenoxy) is 1. The minimum Gasteiger partial charge on any atom is -0.468 e. The van der Waals surface area contributed by atoms with E-state index in [1.165, 1.54) is 7.11 Å². The molecule has 4 nitrogen and oxygen atoms in total. The molecule has 1 aliphatic carbocycles. The summed E-state index contributed by atoms with van der Waals surface area (Å²) >= 11 is 0.